The van der Waals surface area contributed by atoms with Crippen LogP contribution in [0.4, 0.5) is 39.8 Å². The van der Waals surface area contributed by atoms with Crippen molar-refractivity contribution in [2.45, 2.75) is 32.2 Å². The van der Waals surface area contributed by atoms with Gasteiger partial charge in [0.15, 0.2) is 0 Å². The highest BCUT2D eigenvalue weighted by atomic mass is 19.4. The maximum Gasteiger partial charge on any atom is 0.416 e. The lowest BCUT2D eigenvalue weighted by Gasteiger charge is -2.38. The van der Waals surface area contributed by atoms with E-state index >= 15 is 0 Å². The van der Waals surface area contributed by atoms with Crippen LogP contribution in [-0.4, -0.2) is 71.8 Å². The molecule has 1 aliphatic heterocycles. The summed E-state index contributed by atoms with van der Waals surface area (Å²) in [6.07, 6.45) is -5.04. The fourth-order valence-electron chi connectivity index (χ4n) is 4.65. The first-order valence-electron chi connectivity index (χ1n) is 13.9. The van der Waals surface area contributed by atoms with Crippen molar-refractivity contribution in [3.05, 3.63) is 83.9 Å². The Hall–Kier alpha value is -4.78. The Morgan fingerprint density at radius 1 is 1.00 bits per heavy atom. The zero-order chi connectivity index (χ0) is 32.0. The Balaban J connectivity index is 1.53. The number of fused-ring (bicyclic) bond motifs is 1. The smallest absolute Gasteiger partial charge is 0.416 e. The van der Waals surface area contributed by atoms with Gasteiger partial charge < -0.3 is 35.6 Å². The molecule has 13 heteroatoms. The maximum atomic E-state index is 13.7. The molecule has 0 unspecified atom stereocenters. The molecule has 4 N–H and O–H groups in total. The second-order valence-corrected chi connectivity index (χ2v) is 10.7. The third-order valence-electron chi connectivity index (χ3n) is 7.22. The van der Waals surface area contributed by atoms with Crippen molar-refractivity contribution >= 4 is 35.0 Å². The first-order valence-corrected chi connectivity index (χ1v) is 13.9. The fourth-order valence-corrected chi connectivity index (χ4v) is 4.65. The van der Waals surface area contributed by atoms with Crippen LogP contribution in [0.5, 0.6) is 5.75 Å². The van der Waals surface area contributed by atoms with E-state index in [-0.39, 0.29) is 54.3 Å². The highest BCUT2D eigenvalue weighted by molar-refractivity contribution is 6.02. The number of likely N-dealkylation sites (N-methyl/N-ethyl adjacent to an activating group) is 1. The predicted octanol–water partition coefficient (Wildman–Crippen LogP) is 5.73. The summed E-state index contributed by atoms with van der Waals surface area (Å²) in [5.74, 6) is -0.429. The van der Waals surface area contributed by atoms with E-state index in [1.54, 1.807) is 26.1 Å². The number of aliphatic hydroxyl groups is 1. The maximum absolute atomic E-state index is 13.7. The van der Waals surface area contributed by atoms with Crippen LogP contribution in [0.2, 0.25) is 0 Å². The minimum atomic E-state index is -4.50. The third-order valence-corrected chi connectivity index (χ3v) is 7.22. The zero-order valence-electron chi connectivity index (χ0n) is 24.4. The first kappa shape index (κ1) is 32.1. The van der Waals surface area contributed by atoms with Gasteiger partial charge in [0, 0.05) is 36.6 Å². The monoisotopic (exact) mass is 613 g/mol. The molecule has 10 nitrogen and oxygen atoms in total. The third kappa shape index (κ3) is 7.98. The second-order valence-electron chi connectivity index (χ2n) is 10.7. The van der Waals surface area contributed by atoms with Crippen molar-refractivity contribution in [3.8, 4) is 5.75 Å². The van der Waals surface area contributed by atoms with Crippen LogP contribution in [0, 0.1) is 5.92 Å². The molecule has 0 bridgehead atoms. The fraction of sp³-hybridized carbons (Fsp3) is 0.323. The summed E-state index contributed by atoms with van der Waals surface area (Å²) in [6.45, 7) is 3.73. The predicted molar refractivity (Wildman–Crippen MR) is 160 cm³/mol. The van der Waals surface area contributed by atoms with Crippen LogP contribution in [0.1, 0.15) is 29.8 Å². The van der Waals surface area contributed by atoms with Gasteiger partial charge in [-0.1, -0.05) is 25.1 Å². The summed E-state index contributed by atoms with van der Waals surface area (Å²) in [7, 11) is 1.63. The minimum absolute atomic E-state index is 0.130. The lowest BCUT2D eigenvalue weighted by Crippen LogP contribution is -2.50. The van der Waals surface area contributed by atoms with Gasteiger partial charge in [0.05, 0.1) is 30.3 Å². The van der Waals surface area contributed by atoms with Crippen molar-refractivity contribution in [1.82, 2.24) is 9.80 Å². The van der Waals surface area contributed by atoms with E-state index in [1.165, 1.54) is 28.0 Å². The highest BCUT2D eigenvalue weighted by Gasteiger charge is 2.34. The number of carbonyl (C=O) groups excluding carboxylic acids is 3. The Labute approximate surface area is 252 Å². The number of anilines is 3. The number of hydrogen-bond donors (Lipinski definition) is 4. The van der Waals surface area contributed by atoms with Crippen molar-refractivity contribution in [2.75, 3.05) is 42.7 Å². The van der Waals surface area contributed by atoms with Gasteiger partial charge in [-0.25, -0.2) is 9.59 Å². The molecule has 4 rings (SSSR count). The van der Waals surface area contributed by atoms with Crippen molar-refractivity contribution in [1.29, 1.82) is 0 Å². The zero-order valence-corrected chi connectivity index (χ0v) is 24.4. The molecule has 1 aliphatic rings. The van der Waals surface area contributed by atoms with E-state index in [2.05, 4.69) is 16.0 Å². The number of benzene rings is 3. The van der Waals surface area contributed by atoms with Gasteiger partial charge in [-0.3, -0.25) is 4.79 Å². The number of urea groups is 2. The van der Waals surface area contributed by atoms with Crippen LogP contribution >= 0.6 is 0 Å². The van der Waals surface area contributed by atoms with Gasteiger partial charge in [-0.05, 0) is 61.5 Å². The summed E-state index contributed by atoms with van der Waals surface area (Å²) in [6, 6.07) is 15.8. The van der Waals surface area contributed by atoms with Crippen LogP contribution in [-0.2, 0) is 6.18 Å². The number of aliphatic hydroxyl groups excluding tert-OH is 1. The van der Waals surface area contributed by atoms with E-state index in [9.17, 15) is 32.7 Å². The first-order chi connectivity index (χ1) is 20.8. The van der Waals surface area contributed by atoms with E-state index in [1.807, 2.05) is 25.1 Å². The van der Waals surface area contributed by atoms with Gasteiger partial charge in [-0.15, -0.1) is 0 Å². The SMILES string of the molecule is C[C@H](CO)N1C[C@H](C)[C@H](CN(C)C(=O)Nc2ccccc2)Oc2ccc(NC(=O)Nc3ccc(C(F)(F)F)cc3)cc2C1=O. The molecule has 0 saturated heterocycles. The number of rotatable bonds is 7. The topological polar surface area (TPSA) is 123 Å². The molecular formula is C31H34F3N5O5. The lowest BCUT2D eigenvalue weighted by atomic mass is 9.99. The molecule has 3 aromatic carbocycles. The summed E-state index contributed by atoms with van der Waals surface area (Å²) >= 11 is 0. The molecule has 3 atom stereocenters. The Morgan fingerprint density at radius 3 is 2.25 bits per heavy atom. The number of halogens is 3. The number of amides is 5. The molecule has 0 fully saturated rings. The van der Waals surface area contributed by atoms with Crippen molar-refractivity contribution in [3.63, 3.8) is 0 Å². The van der Waals surface area contributed by atoms with Crippen molar-refractivity contribution < 1.29 is 37.4 Å². The Kier molecular flexibility index (Phi) is 9.99. The largest absolute Gasteiger partial charge is 0.487 e. The molecule has 0 spiro atoms. The molecule has 0 saturated carbocycles. The Bertz CT molecular complexity index is 1470. The Morgan fingerprint density at radius 2 is 1.61 bits per heavy atom. The van der Waals surface area contributed by atoms with E-state index in [4.69, 9.17) is 4.74 Å². The summed E-state index contributed by atoms with van der Waals surface area (Å²) in [5.41, 5.74) is 0.289. The van der Waals surface area contributed by atoms with Crippen LogP contribution in [0.25, 0.3) is 0 Å². The molecule has 44 heavy (non-hydrogen) atoms. The van der Waals surface area contributed by atoms with Crippen LogP contribution in [0.15, 0.2) is 72.8 Å². The number of nitrogens with zero attached hydrogens (tertiary/aromatic N) is 2. The molecule has 3 aromatic rings. The van der Waals surface area contributed by atoms with Gasteiger partial charge in [0.1, 0.15) is 11.9 Å². The van der Waals surface area contributed by atoms with E-state index < -0.39 is 35.8 Å². The summed E-state index contributed by atoms with van der Waals surface area (Å²) in [4.78, 5) is 42.2. The quantitative estimate of drug-likeness (QED) is 0.271. The van der Waals surface area contributed by atoms with Gasteiger partial charge >= 0.3 is 18.2 Å². The van der Waals surface area contributed by atoms with E-state index in [0.717, 1.165) is 24.3 Å². The number of hydrogen-bond acceptors (Lipinski definition) is 5. The highest BCUT2D eigenvalue weighted by Crippen LogP contribution is 2.32. The molecule has 0 aliphatic carbocycles. The van der Waals surface area contributed by atoms with E-state index in [0.29, 0.717) is 5.69 Å². The number of para-hydroxylation sites is 1. The molecule has 234 valence electrons. The summed E-state index contributed by atoms with van der Waals surface area (Å²) < 4.78 is 44.8. The molecule has 0 radical (unpaired) electrons. The van der Waals surface area contributed by atoms with Gasteiger partial charge in [0.25, 0.3) is 5.91 Å². The average molecular weight is 614 g/mol. The number of ether oxygens (including phenoxy) is 1. The normalized spacial score (nSPS) is 17.3. The van der Waals surface area contributed by atoms with Gasteiger partial charge in [0.2, 0.25) is 0 Å². The minimum Gasteiger partial charge on any atom is -0.487 e. The number of nitrogens with one attached hydrogen (secondary N) is 3. The average Bonchev–Trinajstić information content (AvgIpc) is 2.99. The second kappa shape index (κ2) is 13.7. The lowest BCUT2D eigenvalue weighted by molar-refractivity contribution is -0.137. The van der Waals surface area contributed by atoms with Crippen LogP contribution < -0.4 is 20.7 Å². The molecule has 0 aromatic heterocycles. The molecule has 1 heterocycles. The standard InChI is InChI=1S/C31H34F3N5O5/c1-19-16-39(20(2)18-40)28(41)25-15-24(36-29(42)35-23-11-9-21(10-12-23)31(32,33)34)13-14-26(25)44-27(19)17-38(3)30(43)37-22-7-5-4-6-8-22/h4-15,19-20,27,40H,16-18H2,1-3H3,(H,37,43)(H2,35,36,42)/t19-,20+,27-/m0/s1. The molecule has 5 amide bonds. The number of alkyl halides is 3. The molecular weight excluding hydrogens is 579 g/mol. The van der Waals surface area contributed by atoms with Crippen LogP contribution in [0.3, 0.4) is 0 Å². The van der Waals surface area contributed by atoms with Gasteiger partial charge in [-0.2, -0.15) is 13.2 Å². The van der Waals surface area contributed by atoms with Crippen molar-refractivity contribution in [2.24, 2.45) is 5.92 Å². The number of carbonyl (C=O) groups is 3. The summed E-state index contributed by atoms with van der Waals surface area (Å²) in [5, 5.41) is 17.8.